The molecule has 31 heavy (non-hydrogen) atoms. The number of carbonyl (C=O) groups excluding carboxylic acids is 2. The van der Waals surface area contributed by atoms with Crippen molar-refractivity contribution in [2.75, 3.05) is 22.4 Å². The number of hydrogen-bond acceptors (Lipinski definition) is 5. The van der Waals surface area contributed by atoms with E-state index in [-0.39, 0.29) is 18.9 Å². The number of ether oxygens (including phenoxy) is 1. The van der Waals surface area contributed by atoms with Gasteiger partial charge < -0.3 is 15.4 Å². The van der Waals surface area contributed by atoms with Crippen molar-refractivity contribution in [3.05, 3.63) is 54.1 Å². The van der Waals surface area contributed by atoms with Gasteiger partial charge in [-0.3, -0.25) is 13.9 Å². The predicted molar refractivity (Wildman–Crippen MR) is 120 cm³/mol. The second-order valence-corrected chi connectivity index (χ2v) is 10.3. The standard InChI is InChI=1S/C22H27N3O5S/c1-22(2,3)24-20(26)15-9-5-6-10-16(15)23-21(27)19-13-14-25(31(4,28)29)17-11-7-8-12-18(17)30-19/h5-12,19H,13-14H2,1-4H3,(H,23,27)(H,24,26)/t19-/m1/s1. The summed E-state index contributed by atoms with van der Waals surface area (Å²) in [6.07, 6.45) is 0.352. The maximum absolute atomic E-state index is 13.0. The van der Waals surface area contributed by atoms with Crippen LogP contribution in [0.4, 0.5) is 11.4 Å². The summed E-state index contributed by atoms with van der Waals surface area (Å²) in [4.78, 5) is 25.7. The molecule has 9 heteroatoms. The van der Waals surface area contributed by atoms with Crippen LogP contribution in [0.5, 0.6) is 5.75 Å². The molecular formula is C22H27N3O5S. The van der Waals surface area contributed by atoms with E-state index in [0.717, 1.165) is 6.26 Å². The Kier molecular flexibility index (Phi) is 6.26. The Hall–Kier alpha value is -3.07. The molecule has 0 aromatic heterocycles. The highest BCUT2D eigenvalue weighted by molar-refractivity contribution is 7.92. The van der Waals surface area contributed by atoms with Gasteiger partial charge in [-0.1, -0.05) is 24.3 Å². The Bertz CT molecular complexity index is 1090. The highest BCUT2D eigenvalue weighted by atomic mass is 32.2. The van der Waals surface area contributed by atoms with E-state index in [2.05, 4.69) is 10.6 Å². The molecular weight excluding hydrogens is 418 g/mol. The van der Waals surface area contributed by atoms with Gasteiger partial charge >= 0.3 is 0 Å². The summed E-state index contributed by atoms with van der Waals surface area (Å²) in [5.41, 5.74) is 0.649. The van der Waals surface area contributed by atoms with Crippen molar-refractivity contribution >= 4 is 33.2 Å². The Morgan fingerprint density at radius 1 is 1.06 bits per heavy atom. The van der Waals surface area contributed by atoms with Crippen LogP contribution < -0.4 is 19.7 Å². The number of anilines is 2. The van der Waals surface area contributed by atoms with E-state index in [1.165, 1.54) is 4.31 Å². The van der Waals surface area contributed by atoms with Gasteiger partial charge in [-0.25, -0.2) is 8.42 Å². The molecule has 0 aliphatic carbocycles. The fourth-order valence-electron chi connectivity index (χ4n) is 3.27. The van der Waals surface area contributed by atoms with Gasteiger partial charge in [0.2, 0.25) is 10.0 Å². The molecule has 1 heterocycles. The third kappa shape index (κ3) is 5.55. The van der Waals surface area contributed by atoms with Crippen LogP contribution in [0.15, 0.2) is 48.5 Å². The summed E-state index contributed by atoms with van der Waals surface area (Å²) in [5.74, 6) is -0.454. The fourth-order valence-corrected chi connectivity index (χ4v) is 4.22. The first kappa shape index (κ1) is 22.6. The quantitative estimate of drug-likeness (QED) is 0.753. The summed E-state index contributed by atoms with van der Waals surface area (Å²) < 4.78 is 31.6. The average molecular weight is 446 g/mol. The van der Waals surface area contributed by atoms with Crippen molar-refractivity contribution < 1.29 is 22.7 Å². The Morgan fingerprint density at radius 3 is 2.39 bits per heavy atom. The molecule has 1 aliphatic rings. The molecule has 2 N–H and O–H groups in total. The summed E-state index contributed by atoms with van der Waals surface area (Å²) >= 11 is 0. The number of benzene rings is 2. The van der Waals surface area contributed by atoms with Crippen molar-refractivity contribution in [2.24, 2.45) is 0 Å². The molecule has 3 rings (SSSR count). The van der Waals surface area contributed by atoms with Crippen LogP contribution in [0.3, 0.4) is 0 Å². The SMILES string of the molecule is CC(C)(C)NC(=O)c1ccccc1NC(=O)[C@H]1CCN(S(C)(=O)=O)c2ccccc2O1. The van der Waals surface area contributed by atoms with E-state index in [1.807, 2.05) is 20.8 Å². The number of amides is 2. The minimum atomic E-state index is -3.54. The number of nitrogens with zero attached hydrogens (tertiary/aromatic N) is 1. The molecule has 0 saturated carbocycles. The second kappa shape index (κ2) is 8.58. The van der Waals surface area contributed by atoms with Gasteiger partial charge in [0.05, 0.1) is 23.2 Å². The number of fused-ring (bicyclic) bond motifs is 1. The van der Waals surface area contributed by atoms with E-state index >= 15 is 0 Å². The van der Waals surface area contributed by atoms with Gasteiger partial charge in [0.1, 0.15) is 5.75 Å². The normalized spacial score (nSPS) is 16.5. The molecule has 0 saturated heterocycles. The van der Waals surface area contributed by atoms with Crippen molar-refractivity contribution in [3.63, 3.8) is 0 Å². The maximum Gasteiger partial charge on any atom is 0.265 e. The third-order valence-electron chi connectivity index (χ3n) is 4.61. The van der Waals surface area contributed by atoms with Crippen LogP contribution in [-0.4, -0.2) is 44.7 Å². The second-order valence-electron chi connectivity index (χ2n) is 8.44. The fraction of sp³-hybridized carbons (Fsp3) is 0.364. The molecule has 0 bridgehead atoms. The topological polar surface area (TPSA) is 105 Å². The monoisotopic (exact) mass is 445 g/mol. The number of nitrogens with one attached hydrogen (secondary N) is 2. The summed E-state index contributed by atoms with van der Waals surface area (Å²) in [6.45, 7) is 5.71. The number of hydrogen-bond donors (Lipinski definition) is 2. The molecule has 0 unspecified atom stereocenters. The third-order valence-corrected chi connectivity index (χ3v) is 5.79. The van der Waals surface area contributed by atoms with Gasteiger partial charge in [0, 0.05) is 18.5 Å². The summed E-state index contributed by atoms with van der Waals surface area (Å²) in [7, 11) is -3.54. The first-order chi connectivity index (χ1) is 14.5. The van der Waals surface area contributed by atoms with Crippen LogP contribution in [0.2, 0.25) is 0 Å². The zero-order valence-electron chi connectivity index (χ0n) is 18.0. The molecule has 2 amide bonds. The van der Waals surface area contributed by atoms with Crippen molar-refractivity contribution in [1.29, 1.82) is 0 Å². The minimum Gasteiger partial charge on any atom is -0.478 e. The predicted octanol–water partition coefficient (Wildman–Crippen LogP) is 2.77. The van der Waals surface area contributed by atoms with Gasteiger partial charge in [0.25, 0.3) is 11.8 Å². The summed E-state index contributed by atoms with van der Waals surface area (Å²) in [5, 5.41) is 5.65. The molecule has 2 aromatic rings. The molecule has 2 aromatic carbocycles. The first-order valence-electron chi connectivity index (χ1n) is 9.91. The molecule has 0 radical (unpaired) electrons. The molecule has 166 valence electrons. The lowest BCUT2D eigenvalue weighted by molar-refractivity contribution is -0.122. The Labute approximate surface area is 182 Å². The number of rotatable bonds is 4. The van der Waals surface area contributed by atoms with Crippen LogP contribution >= 0.6 is 0 Å². The number of sulfonamides is 1. The molecule has 1 atom stereocenters. The zero-order valence-corrected chi connectivity index (χ0v) is 18.8. The molecule has 1 aliphatic heterocycles. The number of carbonyl (C=O) groups is 2. The van der Waals surface area contributed by atoms with E-state index in [9.17, 15) is 18.0 Å². The molecule has 0 fully saturated rings. The maximum atomic E-state index is 13.0. The largest absolute Gasteiger partial charge is 0.478 e. The highest BCUT2D eigenvalue weighted by Crippen LogP contribution is 2.34. The van der Waals surface area contributed by atoms with Crippen LogP contribution in [0.1, 0.15) is 37.6 Å². The zero-order chi connectivity index (χ0) is 22.8. The van der Waals surface area contributed by atoms with Crippen LogP contribution in [0, 0.1) is 0 Å². The van der Waals surface area contributed by atoms with E-state index < -0.39 is 27.6 Å². The van der Waals surface area contributed by atoms with Crippen molar-refractivity contribution in [3.8, 4) is 5.75 Å². The van der Waals surface area contributed by atoms with Crippen molar-refractivity contribution in [1.82, 2.24) is 5.32 Å². The average Bonchev–Trinajstić information content (AvgIpc) is 2.86. The van der Waals surface area contributed by atoms with E-state index in [0.29, 0.717) is 22.7 Å². The van der Waals surface area contributed by atoms with Gasteiger partial charge in [-0.2, -0.15) is 0 Å². The summed E-state index contributed by atoms with van der Waals surface area (Å²) in [6, 6.07) is 13.4. The van der Waals surface area contributed by atoms with Crippen molar-refractivity contribution in [2.45, 2.75) is 38.8 Å². The van der Waals surface area contributed by atoms with E-state index in [4.69, 9.17) is 4.74 Å². The lowest BCUT2D eigenvalue weighted by Gasteiger charge is -2.22. The highest BCUT2D eigenvalue weighted by Gasteiger charge is 2.31. The minimum absolute atomic E-state index is 0.0973. The Balaban J connectivity index is 1.84. The Morgan fingerprint density at radius 2 is 1.71 bits per heavy atom. The van der Waals surface area contributed by atoms with E-state index in [1.54, 1.807) is 48.5 Å². The van der Waals surface area contributed by atoms with Crippen LogP contribution in [0.25, 0.3) is 0 Å². The molecule has 8 nitrogen and oxygen atoms in total. The molecule has 0 spiro atoms. The van der Waals surface area contributed by atoms with Gasteiger partial charge in [-0.05, 0) is 45.0 Å². The van der Waals surface area contributed by atoms with Crippen LogP contribution in [-0.2, 0) is 14.8 Å². The van der Waals surface area contributed by atoms with Gasteiger partial charge in [-0.15, -0.1) is 0 Å². The first-order valence-corrected chi connectivity index (χ1v) is 11.8. The number of para-hydroxylation sites is 3. The lowest BCUT2D eigenvalue weighted by Crippen LogP contribution is -2.41. The lowest BCUT2D eigenvalue weighted by atomic mass is 10.1. The van der Waals surface area contributed by atoms with Gasteiger partial charge in [0.15, 0.2) is 6.10 Å². The smallest absolute Gasteiger partial charge is 0.265 e.